The number of amides is 1. The summed E-state index contributed by atoms with van der Waals surface area (Å²) in [6, 6.07) is 5.39. The van der Waals surface area contributed by atoms with Crippen molar-refractivity contribution in [2.45, 2.75) is 19.8 Å². The van der Waals surface area contributed by atoms with E-state index in [4.69, 9.17) is 4.74 Å². The van der Waals surface area contributed by atoms with Crippen LogP contribution in [-0.2, 0) is 9.53 Å². The fraction of sp³-hybridized carbons (Fsp3) is 0.412. The molecule has 1 saturated heterocycles. The van der Waals surface area contributed by atoms with E-state index in [0.29, 0.717) is 36.3 Å². The highest BCUT2D eigenvalue weighted by Crippen LogP contribution is 2.22. The van der Waals surface area contributed by atoms with E-state index in [1.54, 1.807) is 36.4 Å². The molecule has 0 aliphatic carbocycles. The largest absolute Gasteiger partial charge is 0.466 e. The summed E-state index contributed by atoms with van der Waals surface area (Å²) in [5.74, 6) is -0.568. The van der Waals surface area contributed by atoms with E-state index in [-0.39, 0.29) is 17.8 Å². The molecule has 1 atom stereocenters. The Labute approximate surface area is 134 Å². The van der Waals surface area contributed by atoms with Gasteiger partial charge in [-0.05, 0) is 31.9 Å². The van der Waals surface area contributed by atoms with Gasteiger partial charge in [0, 0.05) is 25.5 Å². The number of para-hydroxylation sites is 1. The lowest BCUT2D eigenvalue weighted by Gasteiger charge is -2.31. The number of rotatable bonds is 3. The average molecular weight is 313 g/mol. The van der Waals surface area contributed by atoms with Crippen molar-refractivity contribution in [3.8, 4) is 0 Å². The van der Waals surface area contributed by atoms with Crippen LogP contribution in [0.1, 0.15) is 30.1 Å². The summed E-state index contributed by atoms with van der Waals surface area (Å²) in [5.41, 5.74) is 1.82. The molecule has 0 saturated carbocycles. The van der Waals surface area contributed by atoms with Gasteiger partial charge in [0.25, 0.3) is 5.91 Å². The number of ether oxygens (including phenoxy) is 1. The second kappa shape index (κ2) is 6.73. The number of carbonyl (C=O) groups is 2. The van der Waals surface area contributed by atoms with Gasteiger partial charge >= 0.3 is 5.97 Å². The van der Waals surface area contributed by atoms with E-state index in [9.17, 15) is 9.59 Å². The molecular formula is C17H19N3O3. The van der Waals surface area contributed by atoms with Crippen molar-refractivity contribution in [1.82, 2.24) is 14.9 Å². The van der Waals surface area contributed by atoms with E-state index in [1.165, 1.54) is 0 Å². The molecule has 0 radical (unpaired) electrons. The van der Waals surface area contributed by atoms with Crippen molar-refractivity contribution in [2.24, 2.45) is 5.92 Å². The van der Waals surface area contributed by atoms with Crippen LogP contribution in [0.25, 0.3) is 11.0 Å². The van der Waals surface area contributed by atoms with Crippen LogP contribution in [-0.4, -0.2) is 46.4 Å². The maximum atomic E-state index is 12.8. The van der Waals surface area contributed by atoms with Crippen molar-refractivity contribution < 1.29 is 14.3 Å². The summed E-state index contributed by atoms with van der Waals surface area (Å²) >= 11 is 0. The lowest BCUT2D eigenvalue weighted by Crippen LogP contribution is -2.42. The Morgan fingerprint density at radius 2 is 2.13 bits per heavy atom. The molecule has 6 heteroatoms. The van der Waals surface area contributed by atoms with E-state index in [2.05, 4.69) is 9.97 Å². The Bertz CT molecular complexity index is 727. The van der Waals surface area contributed by atoms with Crippen LogP contribution in [0.15, 0.2) is 30.6 Å². The Kier molecular flexibility index (Phi) is 4.50. The predicted octanol–water partition coefficient (Wildman–Crippen LogP) is 2.05. The van der Waals surface area contributed by atoms with E-state index in [0.717, 1.165) is 12.8 Å². The number of piperidine rings is 1. The third kappa shape index (κ3) is 3.16. The van der Waals surface area contributed by atoms with Gasteiger partial charge in [0.05, 0.1) is 23.6 Å². The van der Waals surface area contributed by atoms with Gasteiger partial charge in [-0.15, -0.1) is 0 Å². The Morgan fingerprint density at radius 1 is 1.30 bits per heavy atom. The predicted molar refractivity (Wildman–Crippen MR) is 84.8 cm³/mol. The maximum absolute atomic E-state index is 12.8. The van der Waals surface area contributed by atoms with Crippen LogP contribution in [0.2, 0.25) is 0 Å². The Hall–Kier alpha value is -2.50. The highest BCUT2D eigenvalue weighted by molar-refractivity contribution is 6.04. The summed E-state index contributed by atoms with van der Waals surface area (Å²) in [6.45, 7) is 3.19. The summed E-state index contributed by atoms with van der Waals surface area (Å²) in [6.07, 6.45) is 4.74. The molecule has 2 heterocycles. The maximum Gasteiger partial charge on any atom is 0.310 e. The quantitative estimate of drug-likeness (QED) is 0.811. The minimum absolute atomic E-state index is 0.106. The molecule has 0 N–H and O–H groups in total. The van der Waals surface area contributed by atoms with Crippen LogP contribution in [0, 0.1) is 5.92 Å². The number of nitrogens with zero attached hydrogens (tertiary/aromatic N) is 3. The molecule has 1 aromatic heterocycles. The monoisotopic (exact) mass is 313 g/mol. The summed E-state index contributed by atoms with van der Waals surface area (Å²) in [4.78, 5) is 35.0. The van der Waals surface area contributed by atoms with Gasteiger partial charge in [0.15, 0.2) is 0 Å². The topological polar surface area (TPSA) is 72.4 Å². The molecule has 2 aromatic rings. The first kappa shape index (κ1) is 15.4. The summed E-state index contributed by atoms with van der Waals surface area (Å²) in [5, 5.41) is 0. The molecule has 1 fully saturated rings. The number of aromatic nitrogens is 2. The molecule has 1 unspecified atom stereocenters. The molecule has 6 nitrogen and oxygen atoms in total. The van der Waals surface area contributed by atoms with Gasteiger partial charge in [-0.1, -0.05) is 6.07 Å². The van der Waals surface area contributed by atoms with Crippen LogP contribution in [0.5, 0.6) is 0 Å². The summed E-state index contributed by atoms with van der Waals surface area (Å²) < 4.78 is 5.09. The molecule has 1 aliphatic rings. The lowest BCUT2D eigenvalue weighted by molar-refractivity contribution is -0.149. The molecule has 0 spiro atoms. The first-order valence-corrected chi connectivity index (χ1v) is 7.86. The zero-order valence-corrected chi connectivity index (χ0v) is 13.1. The zero-order chi connectivity index (χ0) is 16.2. The smallest absolute Gasteiger partial charge is 0.310 e. The standard InChI is InChI=1S/C17H19N3O3/c1-2-23-17(22)12-5-4-10-20(11-12)16(21)13-6-3-7-14-15(13)19-9-8-18-14/h3,6-9,12H,2,4-5,10-11H2,1H3. The minimum Gasteiger partial charge on any atom is -0.466 e. The SMILES string of the molecule is CCOC(=O)C1CCCN(C(=O)c2cccc3nccnc23)C1. The van der Waals surface area contributed by atoms with Crippen molar-refractivity contribution in [2.75, 3.05) is 19.7 Å². The van der Waals surface area contributed by atoms with E-state index >= 15 is 0 Å². The molecule has 3 rings (SSSR count). The number of benzene rings is 1. The summed E-state index contributed by atoms with van der Waals surface area (Å²) in [7, 11) is 0. The van der Waals surface area contributed by atoms with Crippen molar-refractivity contribution in [3.05, 3.63) is 36.2 Å². The number of fused-ring (bicyclic) bond motifs is 1. The van der Waals surface area contributed by atoms with Crippen LogP contribution in [0.4, 0.5) is 0 Å². The highest BCUT2D eigenvalue weighted by Gasteiger charge is 2.30. The van der Waals surface area contributed by atoms with Gasteiger partial charge in [-0.2, -0.15) is 0 Å². The van der Waals surface area contributed by atoms with Crippen LogP contribution < -0.4 is 0 Å². The third-order valence-corrected chi connectivity index (χ3v) is 4.06. The normalized spacial score (nSPS) is 18.0. The zero-order valence-electron chi connectivity index (χ0n) is 13.1. The minimum atomic E-state index is -0.242. The number of likely N-dealkylation sites (tertiary alicyclic amines) is 1. The van der Waals surface area contributed by atoms with Crippen molar-refractivity contribution in [1.29, 1.82) is 0 Å². The Morgan fingerprint density at radius 3 is 2.96 bits per heavy atom. The average Bonchev–Trinajstić information content (AvgIpc) is 2.61. The second-order valence-corrected chi connectivity index (χ2v) is 5.57. The molecule has 1 aliphatic heterocycles. The van der Waals surface area contributed by atoms with Crippen molar-refractivity contribution in [3.63, 3.8) is 0 Å². The highest BCUT2D eigenvalue weighted by atomic mass is 16.5. The second-order valence-electron chi connectivity index (χ2n) is 5.57. The van der Waals surface area contributed by atoms with E-state index < -0.39 is 0 Å². The van der Waals surface area contributed by atoms with Gasteiger partial charge in [0.2, 0.25) is 0 Å². The molecule has 120 valence electrons. The van der Waals surface area contributed by atoms with Gasteiger partial charge < -0.3 is 9.64 Å². The lowest BCUT2D eigenvalue weighted by atomic mass is 9.97. The van der Waals surface area contributed by atoms with Crippen LogP contribution >= 0.6 is 0 Å². The number of hydrogen-bond donors (Lipinski definition) is 0. The number of hydrogen-bond acceptors (Lipinski definition) is 5. The molecular weight excluding hydrogens is 294 g/mol. The van der Waals surface area contributed by atoms with Gasteiger partial charge in [-0.25, -0.2) is 0 Å². The molecule has 0 bridgehead atoms. The fourth-order valence-corrected chi connectivity index (χ4v) is 2.95. The van der Waals surface area contributed by atoms with Crippen LogP contribution in [0.3, 0.4) is 0 Å². The van der Waals surface area contributed by atoms with Crippen molar-refractivity contribution >= 4 is 22.9 Å². The fourth-order valence-electron chi connectivity index (χ4n) is 2.95. The van der Waals surface area contributed by atoms with Gasteiger partial charge in [-0.3, -0.25) is 19.6 Å². The first-order chi connectivity index (χ1) is 11.2. The number of carbonyl (C=O) groups excluding carboxylic acids is 2. The molecule has 1 aromatic carbocycles. The number of esters is 1. The van der Waals surface area contributed by atoms with Gasteiger partial charge in [0.1, 0.15) is 5.52 Å². The third-order valence-electron chi connectivity index (χ3n) is 4.06. The Balaban J connectivity index is 1.83. The van der Waals surface area contributed by atoms with E-state index in [1.807, 2.05) is 6.07 Å². The molecule has 23 heavy (non-hydrogen) atoms. The first-order valence-electron chi connectivity index (χ1n) is 7.86. The molecule has 1 amide bonds.